The summed E-state index contributed by atoms with van der Waals surface area (Å²) in [5.41, 5.74) is 3.34. The fraction of sp³-hybridized carbons (Fsp3) is 0.143. The van der Waals surface area contributed by atoms with Crippen molar-refractivity contribution in [2.24, 2.45) is 0 Å². The van der Waals surface area contributed by atoms with Crippen molar-refractivity contribution in [3.8, 4) is 0 Å². The number of nitrogens with zero attached hydrogens (tertiary/aromatic N) is 1. The molecule has 4 nitrogen and oxygen atoms in total. The lowest BCUT2D eigenvalue weighted by atomic mass is 10.1. The van der Waals surface area contributed by atoms with Crippen molar-refractivity contribution in [2.45, 2.75) is 13.5 Å². The Morgan fingerprint density at radius 3 is 2.63 bits per heavy atom. The third-order valence-electron chi connectivity index (χ3n) is 2.89. The minimum absolute atomic E-state index is 0.0771. The van der Waals surface area contributed by atoms with Gasteiger partial charge in [-0.25, -0.2) is 0 Å². The van der Waals surface area contributed by atoms with Gasteiger partial charge >= 0.3 is 0 Å². The molecule has 0 aliphatic carbocycles. The summed E-state index contributed by atoms with van der Waals surface area (Å²) >= 11 is 3.34. The minimum atomic E-state index is -0.407. The van der Waals surface area contributed by atoms with Crippen molar-refractivity contribution in [1.29, 1.82) is 0 Å². The maximum Gasteiger partial charge on any atom is 0.270 e. The Kier molecular flexibility index (Phi) is 4.16. The van der Waals surface area contributed by atoms with Crippen LogP contribution in [0, 0.1) is 17.0 Å². The molecule has 0 fully saturated rings. The van der Waals surface area contributed by atoms with Crippen LogP contribution in [0.2, 0.25) is 0 Å². The third-order valence-corrected chi connectivity index (χ3v) is 3.55. The number of anilines is 1. The number of rotatable bonds is 4. The minimum Gasteiger partial charge on any atom is -0.380 e. The number of hydrogen-bond donors (Lipinski definition) is 1. The second kappa shape index (κ2) is 5.84. The van der Waals surface area contributed by atoms with Crippen LogP contribution >= 0.6 is 15.9 Å². The molecule has 0 bridgehead atoms. The largest absolute Gasteiger partial charge is 0.380 e. The standard InChI is InChI=1S/C14H13BrN2O2/c1-10-4-2-3-5-11(10)9-16-14-7-6-12(17(18)19)8-13(14)15/h2-8,16H,9H2,1H3. The van der Waals surface area contributed by atoms with Crippen LogP contribution in [0.1, 0.15) is 11.1 Å². The molecule has 0 saturated heterocycles. The Hall–Kier alpha value is -1.88. The van der Waals surface area contributed by atoms with Crippen molar-refractivity contribution < 1.29 is 4.92 Å². The highest BCUT2D eigenvalue weighted by Gasteiger charge is 2.08. The zero-order valence-corrected chi connectivity index (χ0v) is 12.0. The van der Waals surface area contributed by atoms with E-state index in [1.807, 2.05) is 12.1 Å². The molecule has 5 heteroatoms. The van der Waals surface area contributed by atoms with Gasteiger partial charge in [-0.3, -0.25) is 10.1 Å². The second-order valence-corrected chi connectivity index (χ2v) is 5.06. The molecular weight excluding hydrogens is 308 g/mol. The van der Waals surface area contributed by atoms with Crippen LogP contribution in [-0.2, 0) is 6.54 Å². The van der Waals surface area contributed by atoms with Crippen molar-refractivity contribution >= 4 is 27.3 Å². The van der Waals surface area contributed by atoms with Gasteiger partial charge < -0.3 is 5.32 Å². The number of nitro groups is 1. The van der Waals surface area contributed by atoms with E-state index in [9.17, 15) is 10.1 Å². The Labute approximate surface area is 119 Å². The van der Waals surface area contributed by atoms with Gasteiger partial charge in [0, 0.05) is 28.8 Å². The first kappa shape index (κ1) is 13.5. The van der Waals surface area contributed by atoms with Gasteiger partial charge in [0.05, 0.1) is 4.92 Å². The lowest BCUT2D eigenvalue weighted by Crippen LogP contribution is -2.02. The summed E-state index contributed by atoms with van der Waals surface area (Å²) < 4.78 is 0.690. The molecule has 0 atom stereocenters. The summed E-state index contributed by atoms with van der Waals surface area (Å²) in [7, 11) is 0. The predicted octanol–water partition coefficient (Wildman–Crippen LogP) is 4.28. The first-order valence-electron chi connectivity index (χ1n) is 5.80. The topological polar surface area (TPSA) is 55.2 Å². The van der Waals surface area contributed by atoms with Crippen LogP contribution in [0.25, 0.3) is 0 Å². The Morgan fingerprint density at radius 1 is 1.26 bits per heavy atom. The first-order valence-corrected chi connectivity index (χ1v) is 6.59. The monoisotopic (exact) mass is 320 g/mol. The van der Waals surface area contributed by atoms with Gasteiger partial charge in [0.25, 0.3) is 5.69 Å². The normalized spacial score (nSPS) is 10.2. The van der Waals surface area contributed by atoms with E-state index in [1.54, 1.807) is 6.07 Å². The van der Waals surface area contributed by atoms with Gasteiger partial charge in [-0.15, -0.1) is 0 Å². The molecule has 0 amide bonds. The molecule has 0 aromatic heterocycles. The average Bonchev–Trinajstić information content (AvgIpc) is 2.39. The molecule has 2 aromatic rings. The zero-order chi connectivity index (χ0) is 13.8. The number of nitrogens with one attached hydrogen (secondary N) is 1. The number of non-ortho nitro benzene ring substituents is 1. The van der Waals surface area contributed by atoms with Crippen LogP contribution in [0.15, 0.2) is 46.9 Å². The molecule has 2 aromatic carbocycles. The van der Waals surface area contributed by atoms with Crippen LogP contribution in [0.5, 0.6) is 0 Å². The maximum atomic E-state index is 10.7. The number of benzene rings is 2. The van der Waals surface area contributed by atoms with Crippen molar-refractivity contribution in [1.82, 2.24) is 0 Å². The third kappa shape index (κ3) is 3.32. The Balaban J connectivity index is 2.12. The molecule has 0 spiro atoms. The van der Waals surface area contributed by atoms with Gasteiger partial charge in [0.1, 0.15) is 0 Å². The van der Waals surface area contributed by atoms with E-state index in [1.165, 1.54) is 23.3 Å². The van der Waals surface area contributed by atoms with Crippen LogP contribution in [0.3, 0.4) is 0 Å². The van der Waals surface area contributed by atoms with Crippen LogP contribution in [-0.4, -0.2) is 4.92 Å². The molecule has 0 aliphatic heterocycles. The van der Waals surface area contributed by atoms with E-state index in [0.29, 0.717) is 11.0 Å². The van der Waals surface area contributed by atoms with Gasteiger partial charge in [0.15, 0.2) is 0 Å². The van der Waals surface area contributed by atoms with E-state index >= 15 is 0 Å². The van der Waals surface area contributed by atoms with Crippen LogP contribution in [0.4, 0.5) is 11.4 Å². The highest BCUT2D eigenvalue weighted by Crippen LogP contribution is 2.27. The van der Waals surface area contributed by atoms with E-state index in [2.05, 4.69) is 40.3 Å². The summed E-state index contributed by atoms with van der Waals surface area (Å²) in [4.78, 5) is 10.2. The maximum absolute atomic E-state index is 10.7. The number of hydrogen-bond acceptors (Lipinski definition) is 3. The van der Waals surface area contributed by atoms with Crippen LogP contribution < -0.4 is 5.32 Å². The smallest absolute Gasteiger partial charge is 0.270 e. The predicted molar refractivity (Wildman–Crippen MR) is 79.3 cm³/mol. The summed E-state index contributed by atoms with van der Waals surface area (Å²) in [6.07, 6.45) is 0. The van der Waals surface area contributed by atoms with Gasteiger partial charge in [0.2, 0.25) is 0 Å². The lowest BCUT2D eigenvalue weighted by molar-refractivity contribution is -0.384. The molecule has 0 radical (unpaired) electrons. The molecular formula is C14H13BrN2O2. The first-order chi connectivity index (χ1) is 9.08. The molecule has 2 rings (SSSR count). The quantitative estimate of drug-likeness (QED) is 0.675. The molecule has 0 heterocycles. The molecule has 1 N–H and O–H groups in total. The second-order valence-electron chi connectivity index (χ2n) is 4.20. The molecule has 0 aliphatic rings. The van der Waals surface area contributed by atoms with E-state index in [0.717, 1.165) is 5.69 Å². The van der Waals surface area contributed by atoms with E-state index in [-0.39, 0.29) is 5.69 Å². The lowest BCUT2D eigenvalue weighted by Gasteiger charge is -2.10. The molecule has 19 heavy (non-hydrogen) atoms. The number of nitro benzene ring substituents is 1. The SMILES string of the molecule is Cc1ccccc1CNc1ccc([N+](=O)[O-])cc1Br. The zero-order valence-electron chi connectivity index (χ0n) is 10.4. The molecule has 0 unspecified atom stereocenters. The van der Waals surface area contributed by atoms with Crippen molar-refractivity contribution in [3.05, 3.63) is 68.2 Å². The highest BCUT2D eigenvalue weighted by atomic mass is 79.9. The fourth-order valence-electron chi connectivity index (χ4n) is 1.76. The Bertz CT molecular complexity index is 614. The summed E-state index contributed by atoms with van der Waals surface area (Å²) in [6.45, 7) is 2.74. The van der Waals surface area contributed by atoms with Gasteiger partial charge in [-0.2, -0.15) is 0 Å². The molecule has 0 saturated carbocycles. The highest BCUT2D eigenvalue weighted by molar-refractivity contribution is 9.10. The fourth-order valence-corrected chi connectivity index (χ4v) is 2.27. The summed E-state index contributed by atoms with van der Waals surface area (Å²) in [5, 5.41) is 13.9. The summed E-state index contributed by atoms with van der Waals surface area (Å²) in [6, 6.07) is 12.8. The van der Waals surface area contributed by atoms with Gasteiger partial charge in [-0.05, 0) is 40.0 Å². The summed E-state index contributed by atoms with van der Waals surface area (Å²) in [5.74, 6) is 0. The Morgan fingerprint density at radius 2 is 2.00 bits per heavy atom. The van der Waals surface area contributed by atoms with E-state index in [4.69, 9.17) is 0 Å². The molecule has 98 valence electrons. The number of halogens is 1. The van der Waals surface area contributed by atoms with Crippen molar-refractivity contribution in [3.63, 3.8) is 0 Å². The number of aryl methyl sites for hydroxylation is 1. The van der Waals surface area contributed by atoms with Gasteiger partial charge in [-0.1, -0.05) is 24.3 Å². The van der Waals surface area contributed by atoms with Crippen molar-refractivity contribution in [2.75, 3.05) is 5.32 Å². The average molecular weight is 321 g/mol. The van der Waals surface area contributed by atoms with E-state index < -0.39 is 4.92 Å².